The van der Waals surface area contributed by atoms with Crippen molar-refractivity contribution in [3.05, 3.63) is 29.3 Å². The molecule has 1 aliphatic heterocycles. The minimum atomic E-state index is 0.740. The second-order valence-electron chi connectivity index (χ2n) is 4.79. The number of anilines is 1. The zero-order chi connectivity index (χ0) is 12.3. The van der Waals surface area contributed by atoms with Crippen LogP contribution in [-0.2, 0) is 0 Å². The van der Waals surface area contributed by atoms with Crippen molar-refractivity contribution in [2.75, 3.05) is 43.5 Å². The first-order chi connectivity index (χ1) is 8.20. The van der Waals surface area contributed by atoms with Crippen LogP contribution in [0.5, 0.6) is 0 Å². The van der Waals surface area contributed by atoms with Crippen LogP contribution in [0.1, 0.15) is 11.1 Å². The number of aryl methyl sites for hydroxylation is 2. The smallest absolute Gasteiger partial charge is 0.0369 e. The number of halogens is 1. The fraction of sp³-hybridized carbons (Fsp3) is 0.571. The molecule has 94 valence electrons. The van der Waals surface area contributed by atoms with E-state index in [0.717, 1.165) is 38.6 Å². The van der Waals surface area contributed by atoms with E-state index in [-0.39, 0.29) is 0 Å². The molecule has 17 heavy (non-hydrogen) atoms. The van der Waals surface area contributed by atoms with E-state index in [4.69, 9.17) is 11.6 Å². The predicted octanol–water partition coefficient (Wildman–Crippen LogP) is 2.66. The van der Waals surface area contributed by atoms with Crippen LogP contribution in [0.2, 0.25) is 0 Å². The molecular formula is C14H21ClN2. The van der Waals surface area contributed by atoms with Crippen LogP contribution in [0.4, 0.5) is 5.69 Å². The molecule has 1 aromatic carbocycles. The van der Waals surface area contributed by atoms with Crippen molar-refractivity contribution in [2.24, 2.45) is 0 Å². The summed E-state index contributed by atoms with van der Waals surface area (Å²) in [5.74, 6) is 0.740. The molecule has 2 nitrogen and oxygen atoms in total. The van der Waals surface area contributed by atoms with Gasteiger partial charge in [-0.25, -0.2) is 0 Å². The van der Waals surface area contributed by atoms with E-state index in [9.17, 15) is 0 Å². The van der Waals surface area contributed by atoms with Gasteiger partial charge in [0.2, 0.25) is 0 Å². The van der Waals surface area contributed by atoms with Crippen LogP contribution < -0.4 is 4.90 Å². The second-order valence-corrected chi connectivity index (χ2v) is 5.16. The van der Waals surface area contributed by atoms with E-state index in [2.05, 4.69) is 41.8 Å². The standard InChI is InChI=1S/C14H21ClN2/c1-12-3-4-14(11-13(12)2)17-9-7-16(6-5-15)8-10-17/h3-4,11H,5-10H2,1-2H3. The minimum absolute atomic E-state index is 0.740. The summed E-state index contributed by atoms with van der Waals surface area (Å²) in [6, 6.07) is 6.75. The molecule has 0 N–H and O–H groups in total. The zero-order valence-electron chi connectivity index (χ0n) is 10.7. The molecule has 1 aromatic rings. The van der Waals surface area contributed by atoms with Gasteiger partial charge in [-0.15, -0.1) is 11.6 Å². The summed E-state index contributed by atoms with van der Waals surface area (Å²) in [6.07, 6.45) is 0. The Morgan fingerprint density at radius 2 is 1.76 bits per heavy atom. The van der Waals surface area contributed by atoms with Crippen LogP contribution in [-0.4, -0.2) is 43.5 Å². The fourth-order valence-corrected chi connectivity index (χ4v) is 2.51. The third kappa shape index (κ3) is 3.14. The van der Waals surface area contributed by atoms with Gasteiger partial charge in [-0.05, 0) is 37.1 Å². The van der Waals surface area contributed by atoms with E-state index in [1.165, 1.54) is 16.8 Å². The Hall–Kier alpha value is -0.730. The largest absolute Gasteiger partial charge is 0.369 e. The molecule has 0 aliphatic carbocycles. The molecule has 0 bridgehead atoms. The zero-order valence-corrected chi connectivity index (χ0v) is 11.5. The summed E-state index contributed by atoms with van der Waals surface area (Å²) in [4.78, 5) is 4.90. The van der Waals surface area contributed by atoms with E-state index in [1.807, 2.05) is 0 Å². The van der Waals surface area contributed by atoms with Crippen molar-refractivity contribution < 1.29 is 0 Å². The third-order valence-corrected chi connectivity index (χ3v) is 3.80. The average Bonchev–Trinajstić information content (AvgIpc) is 2.34. The number of alkyl halides is 1. The Balaban J connectivity index is 1.98. The average molecular weight is 253 g/mol. The Labute approximate surface area is 109 Å². The predicted molar refractivity (Wildman–Crippen MR) is 75.3 cm³/mol. The van der Waals surface area contributed by atoms with Gasteiger partial charge in [0.25, 0.3) is 0 Å². The molecule has 0 atom stereocenters. The molecule has 1 aliphatic rings. The van der Waals surface area contributed by atoms with Crippen LogP contribution in [0, 0.1) is 13.8 Å². The maximum absolute atomic E-state index is 5.77. The molecule has 0 radical (unpaired) electrons. The lowest BCUT2D eigenvalue weighted by atomic mass is 10.1. The van der Waals surface area contributed by atoms with Gasteiger partial charge in [-0.3, -0.25) is 4.90 Å². The lowest BCUT2D eigenvalue weighted by molar-refractivity contribution is 0.272. The SMILES string of the molecule is Cc1ccc(N2CCN(CCCl)CC2)cc1C. The third-order valence-electron chi connectivity index (χ3n) is 3.63. The molecule has 1 fully saturated rings. The highest BCUT2D eigenvalue weighted by atomic mass is 35.5. The lowest BCUT2D eigenvalue weighted by Crippen LogP contribution is -2.46. The van der Waals surface area contributed by atoms with Crippen LogP contribution in [0.3, 0.4) is 0 Å². The topological polar surface area (TPSA) is 6.48 Å². The molecular weight excluding hydrogens is 232 g/mol. The molecule has 0 aromatic heterocycles. The molecule has 0 spiro atoms. The minimum Gasteiger partial charge on any atom is -0.369 e. The number of piperazine rings is 1. The highest BCUT2D eigenvalue weighted by Crippen LogP contribution is 2.20. The summed E-state index contributed by atoms with van der Waals surface area (Å²) in [7, 11) is 0. The number of rotatable bonds is 3. The van der Waals surface area contributed by atoms with Gasteiger partial charge in [0.05, 0.1) is 0 Å². The van der Waals surface area contributed by atoms with Gasteiger partial charge in [0, 0.05) is 44.3 Å². The molecule has 1 heterocycles. The summed E-state index contributed by atoms with van der Waals surface area (Å²) in [6.45, 7) is 9.83. The number of nitrogens with zero attached hydrogens (tertiary/aromatic N) is 2. The van der Waals surface area contributed by atoms with Crippen molar-refractivity contribution in [3.8, 4) is 0 Å². The summed E-state index contributed by atoms with van der Waals surface area (Å²) >= 11 is 5.77. The second kappa shape index (κ2) is 5.74. The van der Waals surface area contributed by atoms with Crippen LogP contribution in [0.15, 0.2) is 18.2 Å². The first-order valence-electron chi connectivity index (χ1n) is 6.31. The van der Waals surface area contributed by atoms with Crippen LogP contribution in [0.25, 0.3) is 0 Å². The van der Waals surface area contributed by atoms with Gasteiger partial charge < -0.3 is 4.90 Å². The number of hydrogen-bond acceptors (Lipinski definition) is 2. The van der Waals surface area contributed by atoms with Gasteiger partial charge in [0.1, 0.15) is 0 Å². The molecule has 0 amide bonds. The number of benzene rings is 1. The normalized spacial score (nSPS) is 17.5. The lowest BCUT2D eigenvalue weighted by Gasteiger charge is -2.36. The first-order valence-corrected chi connectivity index (χ1v) is 6.84. The van der Waals surface area contributed by atoms with Gasteiger partial charge in [0.15, 0.2) is 0 Å². The van der Waals surface area contributed by atoms with Crippen LogP contribution >= 0.6 is 11.6 Å². The maximum atomic E-state index is 5.77. The molecule has 0 saturated carbocycles. The number of hydrogen-bond donors (Lipinski definition) is 0. The summed E-state index contributed by atoms with van der Waals surface area (Å²) in [5.41, 5.74) is 4.11. The molecule has 1 saturated heterocycles. The van der Waals surface area contributed by atoms with Gasteiger partial charge in [-0.2, -0.15) is 0 Å². The van der Waals surface area contributed by atoms with Crippen molar-refractivity contribution in [2.45, 2.75) is 13.8 Å². The van der Waals surface area contributed by atoms with E-state index < -0.39 is 0 Å². The Kier molecular flexibility index (Phi) is 4.30. The van der Waals surface area contributed by atoms with Crippen molar-refractivity contribution in [3.63, 3.8) is 0 Å². The quantitative estimate of drug-likeness (QED) is 0.764. The summed E-state index contributed by atoms with van der Waals surface area (Å²) < 4.78 is 0. The molecule has 2 rings (SSSR count). The summed E-state index contributed by atoms with van der Waals surface area (Å²) in [5, 5.41) is 0. The van der Waals surface area contributed by atoms with Crippen molar-refractivity contribution in [1.29, 1.82) is 0 Å². The molecule has 0 unspecified atom stereocenters. The maximum Gasteiger partial charge on any atom is 0.0369 e. The fourth-order valence-electron chi connectivity index (χ4n) is 2.27. The van der Waals surface area contributed by atoms with Gasteiger partial charge in [-0.1, -0.05) is 6.07 Å². The first kappa shape index (κ1) is 12.7. The monoisotopic (exact) mass is 252 g/mol. The highest BCUT2D eigenvalue weighted by molar-refractivity contribution is 6.18. The Morgan fingerprint density at radius 1 is 1.06 bits per heavy atom. The van der Waals surface area contributed by atoms with Gasteiger partial charge >= 0.3 is 0 Å². The van der Waals surface area contributed by atoms with Crippen molar-refractivity contribution in [1.82, 2.24) is 4.90 Å². The van der Waals surface area contributed by atoms with E-state index in [1.54, 1.807) is 0 Å². The Bertz CT molecular complexity index is 370. The highest BCUT2D eigenvalue weighted by Gasteiger charge is 2.16. The Morgan fingerprint density at radius 3 is 2.35 bits per heavy atom. The van der Waals surface area contributed by atoms with E-state index >= 15 is 0 Å². The van der Waals surface area contributed by atoms with E-state index in [0.29, 0.717) is 0 Å². The van der Waals surface area contributed by atoms with Crippen molar-refractivity contribution >= 4 is 17.3 Å². The molecule has 3 heteroatoms.